The smallest absolute Gasteiger partial charge is 0.356 e. The van der Waals surface area contributed by atoms with Crippen LogP contribution in [0.2, 0.25) is 5.02 Å². The number of rotatable bonds is 4. The Bertz CT molecular complexity index is 1270. The molecule has 178 valence electrons. The first kappa shape index (κ1) is 24.3. The van der Waals surface area contributed by atoms with Crippen molar-refractivity contribution in [3.63, 3.8) is 0 Å². The second-order valence-corrected chi connectivity index (χ2v) is 9.26. The molecule has 9 heteroatoms. The van der Waals surface area contributed by atoms with Gasteiger partial charge >= 0.3 is 6.18 Å². The van der Waals surface area contributed by atoms with Crippen molar-refractivity contribution in [1.82, 2.24) is 15.1 Å². The van der Waals surface area contributed by atoms with Crippen molar-refractivity contribution in [3.05, 3.63) is 87.7 Å². The number of benzene rings is 2. The molecule has 34 heavy (non-hydrogen) atoms. The normalized spacial score (nSPS) is 17.7. The maximum absolute atomic E-state index is 13.0. The van der Waals surface area contributed by atoms with Crippen LogP contribution in [0.5, 0.6) is 0 Å². The van der Waals surface area contributed by atoms with Crippen molar-refractivity contribution >= 4 is 34.6 Å². The van der Waals surface area contributed by atoms with Crippen LogP contribution in [0.15, 0.2) is 54.6 Å². The van der Waals surface area contributed by atoms with Gasteiger partial charge in [0.2, 0.25) is 0 Å². The number of nitrogens with one attached hydrogen (secondary N) is 2. The van der Waals surface area contributed by atoms with E-state index in [1.54, 1.807) is 6.07 Å². The molecule has 0 radical (unpaired) electrons. The number of thiocarbonyl (C=S) groups is 1. The standard InChI is InChI=1S/C25H24ClF3N4S/c1-14-7-10-21(13-22(14)26)33-16(3)23(15(2)32-33)17-8-9-20(11-17)31-24(34)30-19-6-4-5-18(12-19)25(27,28)29/h4-10,12-13,17,20H,11H2,1-3H3,(H2,30,31,34)/t17-,20-/m1/s1. The van der Waals surface area contributed by atoms with Crippen LogP contribution in [-0.4, -0.2) is 20.9 Å². The van der Waals surface area contributed by atoms with Crippen LogP contribution in [0.4, 0.5) is 18.9 Å². The van der Waals surface area contributed by atoms with E-state index in [1.807, 2.05) is 49.7 Å². The lowest BCUT2D eigenvalue weighted by Crippen LogP contribution is -2.35. The molecule has 2 atom stereocenters. The van der Waals surface area contributed by atoms with E-state index in [-0.39, 0.29) is 22.8 Å². The third-order valence-electron chi connectivity index (χ3n) is 5.97. The lowest BCUT2D eigenvalue weighted by molar-refractivity contribution is -0.137. The predicted octanol–water partition coefficient (Wildman–Crippen LogP) is 6.87. The Morgan fingerprint density at radius 3 is 2.59 bits per heavy atom. The Hall–Kier alpha value is -2.84. The quantitative estimate of drug-likeness (QED) is 0.300. The molecule has 0 spiro atoms. The number of halogens is 4. The molecule has 1 aromatic heterocycles. The first-order valence-corrected chi connectivity index (χ1v) is 11.6. The second kappa shape index (κ2) is 9.43. The fourth-order valence-corrected chi connectivity index (χ4v) is 4.73. The van der Waals surface area contributed by atoms with Crippen molar-refractivity contribution in [1.29, 1.82) is 0 Å². The van der Waals surface area contributed by atoms with E-state index in [4.69, 9.17) is 28.9 Å². The average molecular weight is 505 g/mol. The average Bonchev–Trinajstić information content (AvgIpc) is 3.32. The van der Waals surface area contributed by atoms with Gasteiger partial charge in [-0.3, -0.25) is 0 Å². The third-order valence-corrected chi connectivity index (χ3v) is 6.59. The first-order chi connectivity index (χ1) is 16.0. The molecule has 0 aliphatic heterocycles. The SMILES string of the molecule is Cc1ccc(-n2nc(C)c([C@@H]3C=C[C@@H](NC(=S)Nc4cccc(C(F)(F)F)c4)C3)c2C)cc1Cl. The molecule has 4 rings (SSSR count). The van der Waals surface area contributed by atoms with Gasteiger partial charge in [0.1, 0.15) is 0 Å². The molecular weight excluding hydrogens is 481 g/mol. The number of hydrogen-bond donors (Lipinski definition) is 2. The van der Waals surface area contributed by atoms with Crippen LogP contribution >= 0.6 is 23.8 Å². The predicted molar refractivity (Wildman–Crippen MR) is 134 cm³/mol. The molecule has 1 aliphatic rings. The largest absolute Gasteiger partial charge is 0.416 e. The van der Waals surface area contributed by atoms with Crippen LogP contribution in [-0.2, 0) is 6.18 Å². The van der Waals surface area contributed by atoms with E-state index in [0.717, 1.165) is 46.8 Å². The number of aromatic nitrogens is 2. The van der Waals surface area contributed by atoms with Crippen LogP contribution in [0, 0.1) is 20.8 Å². The second-order valence-electron chi connectivity index (χ2n) is 8.44. The third kappa shape index (κ3) is 5.13. The number of anilines is 1. The van der Waals surface area contributed by atoms with Crippen LogP contribution in [0.25, 0.3) is 5.69 Å². The molecular formula is C25H24ClF3N4S. The van der Waals surface area contributed by atoms with Gasteiger partial charge < -0.3 is 10.6 Å². The molecule has 4 nitrogen and oxygen atoms in total. The molecule has 0 unspecified atom stereocenters. The molecule has 0 saturated heterocycles. The molecule has 1 aliphatic carbocycles. The van der Waals surface area contributed by atoms with Gasteiger partial charge in [0.05, 0.1) is 16.9 Å². The van der Waals surface area contributed by atoms with Gasteiger partial charge in [-0.1, -0.05) is 35.9 Å². The summed E-state index contributed by atoms with van der Waals surface area (Å²) >= 11 is 11.7. The number of nitrogens with zero attached hydrogens (tertiary/aromatic N) is 2. The fourth-order valence-electron chi connectivity index (χ4n) is 4.29. The first-order valence-electron chi connectivity index (χ1n) is 10.8. The lowest BCUT2D eigenvalue weighted by atomic mass is 9.96. The summed E-state index contributed by atoms with van der Waals surface area (Å²) in [4.78, 5) is 0. The van der Waals surface area contributed by atoms with Gasteiger partial charge in [-0.2, -0.15) is 18.3 Å². The fraction of sp³-hybridized carbons (Fsp3) is 0.280. The van der Waals surface area contributed by atoms with Gasteiger partial charge in [0.15, 0.2) is 5.11 Å². The van der Waals surface area contributed by atoms with Gasteiger partial charge in [0, 0.05) is 33.9 Å². The summed E-state index contributed by atoms with van der Waals surface area (Å²) in [6.45, 7) is 5.99. The molecule has 0 bridgehead atoms. The minimum Gasteiger partial charge on any atom is -0.356 e. The Balaban J connectivity index is 1.43. The molecule has 0 amide bonds. The molecule has 0 saturated carbocycles. The Morgan fingerprint density at radius 2 is 1.88 bits per heavy atom. The summed E-state index contributed by atoms with van der Waals surface area (Å²) in [5.74, 6) is 0.142. The van der Waals surface area contributed by atoms with Crippen molar-refractivity contribution in [3.8, 4) is 5.69 Å². The Morgan fingerprint density at radius 1 is 1.12 bits per heavy atom. The van der Waals surface area contributed by atoms with Crippen LogP contribution in [0.1, 0.15) is 40.4 Å². The summed E-state index contributed by atoms with van der Waals surface area (Å²) < 4.78 is 40.8. The minimum absolute atomic E-state index is 0.0493. The zero-order valence-corrected chi connectivity index (χ0v) is 20.4. The highest BCUT2D eigenvalue weighted by molar-refractivity contribution is 7.80. The number of hydrogen-bond acceptors (Lipinski definition) is 2. The number of allylic oxidation sites excluding steroid dienone is 1. The molecule has 0 fully saturated rings. The van der Waals surface area contributed by atoms with E-state index < -0.39 is 11.7 Å². The summed E-state index contributed by atoms with van der Waals surface area (Å²) in [7, 11) is 0. The zero-order chi connectivity index (χ0) is 24.6. The summed E-state index contributed by atoms with van der Waals surface area (Å²) in [6.07, 6.45) is 0.502. The van der Waals surface area contributed by atoms with Crippen LogP contribution in [0.3, 0.4) is 0 Å². The van der Waals surface area contributed by atoms with E-state index in [0.29, 0.717) is 5.02 Å². The molecule has 2 aromatic carbocycles. The Labute approximate surface area is 206 Å². The number of aryl methyl sites for hydroxylation is 2. The number of alkyl halides is 3. The van der Waals surface area contributed by atoms with Gasteiger partial charge in [-0.15, -0.1) is 0 Å². The van der Waals surface area contributed by atoms with E-state index in [1.165, 1.54) is 6.07 Å². The van der Waals surface area contributed by atoms with Gasteiger partial charge in [0.25, 0.3) is 0 Å². The zero-order valence-electron chi connectivity index (χ0n) is 18.9. The van der Waals surface area contributed by atoms with Crippen LogP contribution < -0.4 is 10.6 Å². The maximum Gasteiger partial charge on any atom is 0.416 e. The van der Waals surface area contributed by atoms with E-state index in [9.17, 15) is 13.2 Å². The van der Waals surface area contributed by atoms with E-state index in [2.05, 4.69) is 16.7 Å². The molecule has 3 aromatic rings. The van der Waals surface area contributed by atoms with Crippen molar-refractivity contribution in [2.24, 2.45) is 0 Å². The van der Waals surface area contributed by atoms with Crippen molar-refractivity contribution in [2.75, 3.05) is 5.32 Å². The van der Waals surface area contributed by atoms with Gasteiger partial charge in [-0.05, 0) is 75.3 Å². The highest BCUT2D eigenvalue weighted by Crippen LogP contribution is 2.35. The maximum atomic E-state index is 13.0. The molecule has 1 heterocycles. The van der Waals surface area contributed by atoms with Gasteiger partial charge in [-0.25, -0.2) is 4.68 Å². The van der Waals surface area contributed by atoms with Crippen molar-refractivity contribution in [2.45, 2.75) is 45.3 Å². The summed E-state index contributed by atoms with van der Waals surface area (Å²) in [5, 5.41) is 11.7. The topological polar surface area (TPSA) is 41.9 Å². The molecule has 2 N–H and O–H groups in total. The monoisotopic (exact) mass is 504 g/mol. The van der Waals surface area contributed by atoms with E-state index >= 15 is 0 Å². The minimum atomic E-state index is -4.40. The van der Waals surface area contributed by atoms with Crippen molar-refractivity contribution < 1.29 is 13.2 Å². The summed E-state index contributed by atoms with van der Waals surface area (Å²) in [5.41, 5.74) is 4.61. The lowest BCUT2D eigenvalue weighted by Gasteiger charge is -2.18. The summed E-state index contributed by atoms with van der Waals surface area (Å²) in [6, 6.07) is 10.8. The highest BCUT2D eigenvalue weighted by Gasteiger charge is 2.30. The Kier molecular flexibility index (Phi) is 6.73. The highest BCUT2D eigenvalue weighted by atomic mass is 35.5.